The minimum atomic E-state index is 0. The Balaban J connectivity index is 0.00000192. The highest BCUT2D eigenvalue weighted by Gasteiger charge is 2.35. The Morgan fingerprint density at radius 1 is 1.17 bits per heavy atom. The summed E-state index contributed by atoms with van der Waals surface area (Å²) in [6, 6.07) is 12.0. The van der Waals surface area contributed by atoms with Gasteiger partial charge in [0.15, 0.2) is 0 Å². The summed E-state index contributed by atoms with van der Waals surface area (Å²) in [5.41, 5.74) is 1.25. The molecular formula is C19H29ClN2O. The van der Waals surface area contributed by atoms with Crippen LogP contribution in [0.2, 0.25) is 0 Å². The quantitative estimate of drug-likeness (QED) is 0.866. The van der Waals surface area contributed by atoms with E-state index in [-0.39, 0.29) is 24.2 Å². The van der Waals surface area contributed by atoms with Crippen LogP contribution in [-0.2, 0) is 11.2 Å². The molecule has 3 atom stereocenters. The standard InChI is InChI=1S/C19H28N2O.ClH/c1-13(2)18(10-14-6-4-3-5-7-14)19(22)21-17-11-15-8-9-16(12-17)20-15;/h3-7,13,15-18,20H,8-12H2,1-2H3,(H,21,22);1H. The summed E-state index contributed by atoms with van der Waals surface area (Å²) >= 11 is 0. The van der Waals surface area contributed by atoms with Crippen molar-refractivity contribution in [2.24, 2.45) is 11.8 Å². The summed E-state index contributed by atoms with van der Waals surface area (Å²) in [4.78, 5) is 12.8. The molecule has 2 aliphatic rings. The summed E-state index contributed by atoms with van der Waals surface area (Å²) in [5.74, 6) is 0.665. The Morgan fingerprint density at radius 2 is 1.78 bits per heavy atom. The molecule has 0 spiro atoms. The number of carbonyl (C=O) groups is 1. The van der Waals surface area contributed by atoms with Crippen LogP contribution in [0.4, 0.5) is 0 Å². The van der Waals surface area contributed by atoms with Gasteiger partial charge in [-0.25, -0.2) is 0 Å². The van der Waals surface area contributed by atoms with E-state index in [1.807, 2.05) is 6.07 Å². The normalized spacial score (nSPS) is 27.3. The van der Waals surface area contributed by atoms with Crippen LogP contribution in [0.25, 0.3) is 0 Å². The molecule has 1 aromatic rings. The molecule has 2 heterocycles. The first-order valence-electron chi connectivity index (χ1n) is 8.72. The van der Waals surface area contributed by atoms with Crippen molar-refractivity contribution in [3.8, 4) is 0 Å². The average molecular weight is 337 g/mol. The van der Waals surface area contributed by atoms with E-state index in [0.717, 1.165) is 19.3 Å². The number of fused-ring (bicyclic) bond motifs is 2. The molecule has 1 amide bonds. The molecule has 4 heteroatoms. The molecule has 0 saturated carbocycles. The monoisotopic (exact) mass is 336 g/mol. The summed E-state index contributed by atoms with van der Waals surface area (Å²) in [7, 11) is 0. The largest absolute Gasteiger partial charge is 0.353 e. The lowest BCUT2D eigenvalue weighted by Gasteiger charge is -2.31. The van der Waals surface area contributed by atoms with E-state index in [0.29, 0.717) is 24.0 Å². The fraction of sp³-hybridized carbons (Fsp3) is 0.632. The molecule has 0 radical (unpaired) electrons. The second-order valence-electron chi connectivity index (χ2n) is 7.36. The minimum absolute atomic E-state index is 0. The van der Waals surface area contributed by atoms with E-state index in [4.69, 9.17) is 0 Å². The first kappa shape index (κ1) is 18.3. The average Bonchev–Trinajstić information content (AvgIpc) is 2.84. The van der Waals surface area contributed by atoms with E-state index in [1.54, 1.807) is 0 Å². The van der Waals surface area contributed by atoms with Gasteiger partial charge in [0.25, 0.3) is 0 Å². The maximum atomic E-state index is 12.8. The third kappa shape index (κ3) is 4.71. The van der Waals surface area contributed by atoms with E-state index in [1.165, 1.54) is 18.4 Å². The van der Waals surface area contributed by atoms with Gasteiger partial charge in [0.2, 0.25) is 5.91 Å². The number of halogens is 1. The van der Waals surface area contributed by atoms with Gasteiger partial charge < -0.3 is 10.6 Å². The van der Waals surface area contributed by atoms with Crippen LogP contribution in [0.5, 0.6) is 0 Å². The molecular weight excluding hydrogens is 308 g/mol. The van der Waals surface area contributed by atoms with E-state index < -0.39 is 0 Å². The van der Waals surface area contributed by atoms with Gasteiger partial charge in [0.05, 0.1) is 0 Å². The van der Waals surface area contributed by atoms with Crippen molar-refractivity contribution in [2.45, 2.75) is 64.1 Å². The van der Waals surface area contributed by atoms with Gasteiger partial charge in [-0.15, -0.1) is 12.4 Å². The van der Waals surface area contributed by atoms with Crippen LogP contribution >= 0.6 is 12.4 Å². The molecule has 3 nitrogen and oxygen atoms in total. The second-order valence-corrected chi connectivity index (χ2v) is 7.36. The molecule has 3 rings (SSSR count). The summed E-state index contributed by atoms with van der Waals surface area (Å²) in [5, 5.41) is 6.98. The Kier molecular flexibility index (Phi) is 6.49. The number of piperidine rings is 1. The molecule has 0 aliphatic carbocycles. The highest BCUT2D eigenvalue weighted by molar-refractivity contribution is 5.85. The van der Waals surface area contributed by atoms with Crippen LogP contribution in [0.3, 0.4) is 0 Å². The molecule has 0 aromatic heterocycles. The number of carbonyl (C=O) groups excluding carboxylic acids is 1. The topological polar surface area (TPSA) is 41.1 Å². The van der Waals surface area contributed by atoms with Crippen molar-refractivity contribution in [1.82, 2.24) is 10.6 Å². The first-order valence-corrected chi connectivity index (χ1v) is 8.72. The second kappa shape index (κ2) is 8.16. The molecule has 128 valence electrons. The zero-order valence-electron chi connectivity index (χ0n) is 14.1. The molecule has 1 aromatic carbocycles. The van der Waals surface area contributed by atoms with Crippen LogP contribution < -0.4 is 10.6 Å². The van der Waals surface area contributed by atoms with Gasteiger partial charge in [-0.3, -0.25) is 4.79 Å². The molecule has 2 saturated heterocycles. The molecule has 2 fully saturated rings. The first-order chi connectivity index (χ1) is 10.6. The number of nitrogens with one attached hydrogen (secondary N) is 2. The number of hydrogen-bond acceptors (Lipinski definition) is 2. The highest BCUT2D eigenvalue weighted by Crippen LogP contribution is 2.27. The molecule has 23 heavy (non-hydrogen) atoms. The smallest absolute Gasteiger partial charge is 0.223 e. The third-order valence-corrected chi connectivity index (χ3v) is 5.26. The molecule has 2 N–H and O–H groups in total. The minimum Gasteiger partial charge on any atom is -0.353 e. The number of amides is 1. The fourth-order valence-corrected chi connectivity index (χ4v) is 3.98. The zero-order chi connectivity index (χ0) is 15.5. The number of hydrogen-bond donors (Lipinski definition) is 2. The van der Waals surface area contributed by atoms with Gasteiger partial charge in [-0.2, -0.15) is 0 Å². The molecule has 2 aliphatic heterocycles. The highest BCUT2D eigenvalue weighted by atomic mass is 35.5. The maximum Gasteiger partial charge on any atom is 0.223 e. The van der Waals surface area contributed by atoms with Gasteiger partial charge in [0, 0.05) is 24.0 Å². The van der Waals surface area contributed by atoms with Crippen LogP contribution in [0, 0.1) is 11.8 Å². The lowest BCUT2D eigenvalue weighted by atomic mass is 9.87. The number of rotatable bonds is 5. The third-order valence-electron chi connectivity index (χ3n) is 5.26. The Hall–Kier alpha value is -1.06. The summed E-state index contributed by atoms with van der Waals surface area (Å²) < 4.78 is 0. The van der Waals surface area contributed by atoms with Gasteiger partial charge in [0.1, 0.15) is 0 Å². The van der Waals surface area contributed by atoms with Crippen LogP contribution in [-0.4, -0.2) is 24.0 Å². The molecule has 3 unspecified atom stereocenters. The Labute approximate surface area is 146 Å². The van der Waals surface area contributed by atoms with E-state index in [2.05, 4.69) is 48.7 Å². The van der Waals surface area contributed by atoms with Gasteiger partial charge in [-0.1, -0.05) is 44.2 Å². The SMILES string of the molecule is CC(C)C(Cc1ccccc1)C(=O)NC1CC2CCC(C1)N2.Cl. The van der Waals surface area contributed by atoms with Crippen molar-refractivity contribution >= 4 is 18.3 Å². The van der Waals surface area contributed by atoms with E-state index >= 15 is 0 Å². The van der Waals surface area contributed by atoms with Gasteiger partial charge >= 0.3 is 0 Å². The van der Waals surface area contributed by atoms with E-state index in [9.17, 15) is 4.79 Å². The zero-order valence-corrected chi connectivity index (χ0v) is 14.9. The lowest BCUT2D eigenvalue weighted by Crippen LogP contribution is -2.50. The van der Waals surface area contributed by atoms with Crippen LogP contribution in [0.15, 0.2) is 30.3 Å². The maximum absolute atomic E-state index is 12.8. The van der Waals surface area contributed by atoms with Crippen molar-refractivity contribution in [1.29, 1.82) is 0 Å². The Morgan fingerprint density at radius 3 is 2.35 bits per heavy atom. The van der Waals surface area contributed by atoms with Crippen LogP contribution in [0.1, 0.15) is 45.1 Å². The van der Waals surface area contributed by atoms with Crippen molar-refractivity contribution < 1.29 is 4.79 Å². The summed E-state index contributed by atoms with van der Waals surface area (Å²) in [6.45, 7) is 4.30. The molecule has 2 bridgehead atoms. The lowest BCUT2D eigenvalue weighted by molar-refractivity contribution is -0.127. The predicted octanol–water partition coefficient (Wildman–Crippen LogP) is 3.32. The van der Waals surface area contributed by atoms with Crippen molar-refractivity contribution in [3.05, 3.63) is 35.9 Å². The number of benzene rings is 1. The fourth-order valence-electron chi connectivity index (χ4n) is 3.98. The van der Waals surface area contributed by atoms with Crippen molar-refractivity contribution in [2.75, 3.05) is 0 Å². The summed E-state index contributed by atoms with van der Waals surface area (Å²) in [6.07, 6.45) is 5.57. The predicted molar refractivity (Wildman–Crippen MR) is 96.8 cm³/mol. The van der Waals surface area contributed by atoms with Crippen molar-refractivity contribution in [3.63, 3.8) is 0 Å². The Bertz CT molecular complexity index is 493. The van der Waals surface area contributed by atoms with Gasteiger partial charge in [-0.05, 0) is 43.6 Å².